The van der Waals surface area contributed by atoms with E-state index in [1.54, 1.807) is 48.5 Å². The third kappa shape index (κ3) is 4.21. The molecule has 0 radical (unpaired) electrons. The second-order valence-corrected chi connectivity index (χ2v) is 9.63. The van der Waals surface area contributed by atoms with Gasteiger partial charge in [0.15, 0.2) is 0 Å². The van der Waals surface area contributed by atoms with Gasteiger partial charge in [-0.2, -0.15) is 0 Å². The summed E-state index contributed by atoms with van der Waals surface area (Å²) in [5.41, 5.74) is 2.23. The van der Waals surface area contributed by atoms with Crippen molar-refractivity contribution in [2.45, 2.75) is 11.3 Å². The van der Waals surface area contributed by atoms with Crippen LogP contribution >= 0.6 is 23.2 Å². The van der Waals surface area contributed by atoms with E-state index in [2.05, 4.69) is 5.32 Å². The average molecular weight is 477 g/mol. The molecule has 0 atom stereocenters. The normalized spacial score (nSPS) is 13.1. The number of carbonyl (C=O) groups is 1. The topological polar surface area (TPSA) is 75.7 Å². The van der Waals surface area contributed by atoms with Gasteiger partial charge in [-0.05, 0) is 66.6 Å². The molecule has 0 aromatic heterocycles. The number of halogens is 2. The first-order chi connectivity index (χ1) is 14.8. The second-order valence-electron chi connectivity index (χ2n) is 6.93. The highest BCUT2D eigenvalue weighted by atomic mass is 35.5. The molecule has 1 N–H and O–H groups in total. The van der Waals surface area contributed by atoms with Gasteiger partial charge in [0.2, 0.25) is 0 Å². The molecule has 0 spiro atoms. The van der Waals surface area contributed by atoms with E-state index < -0.39 is 10.0 Å². The number of ether oxygens (including phenoxy) is 1. The van der Waals surface area contributed by atoms with Crippen molar-refractivity contribution in [2.75, 3.05) is 23.3 Å². The lowest BCUT2D eigenvalue weighted by Crippen LogP contribution is -2.29. The van der Waals surface area contributed by atoms with E-state index in [1.165, 1.54) is 23.5 Å². The van der Waals surface area contributed by atoms with Gasteiger partial charge in [0.25, 0.3) is 15.9 Å². The zero-order valence-electron chi connectivity index (χ0n) is 16.4. The van der Waals surface area contributed by atoms with E-state index in [9.17, 15) is 13.2 Å². The average Bonchev–Trinajstić information content (AvgIpc) is 3.19. The molecule has 0 saturated heterocycles. The summed E-state index contributed by atoms with van der Waals surface area (Å²) in [5, 5.41) is 3.63. The van der Waals surface area contributed by atoms with Gasteiger partial charge >= 0.3 is 0 Å². The molecule has 1 amide bonds. The molecule has 0 saturated carbocycles. The Morgan fingerprint density at radius 2 is 1.71 bits per heavy atom. The Kier molecular flexibility index (Phi) is 5.83. The minimum atomic E-state index is -3.95. The van der Waals surface area contributed by atoms with E-state index in [1.807, 2.05) is 0 Å². The van der Waals surface area contributed by atoms with Crippen LogP contribution in [0.15, 0.2) is 65.6 Å². The fraction of sp³-hybridized carbons (Fsp3) is 0.136. The maximum absolute atomic E-state index is 13.4. The summed E-state index contributed by atoms with van der Waals surface area (Å²) in [5.74, 6) is -0.149. The second kappa shape index (κ2) is 8.42. The first-order valence-electron chi connectivity index (χ1n) is 9.36. The lowest BCUT2D eigenvalue weighted by Gasteiger charge is -2.21. The highest BCUT2D eigenvalue weighted by Crippen LogP contribution is 2.37. The number of rotatable bonds is 5. The quantitative estimate of drug-likeness (QED) is 0.561. The molecule has 9 heteroatoms. The van der Waals surface area contributed by atoms with Crippen molar-refractivity contribution < 1.29 is 17.9 Å². The standard InChI is InChI=1S/C22H18Cl2N2O4S/c1-30-20-9-6-17(24)13-21(20)31(28,29)26-11-10-14-2-3-15(12-19(14)26)22(27)25-18-7-4-16(23)5-8-18/h2-9,12-13H,10-11H2,1H3,(H,25,27). The van der Waals surface area contributed by atoms with Crippen LogP contribution < -0.4 is 14.4 Å². The van der Waals surface area contributed by atoms with Crippen LogP contribution in [0.1, 0.15) is 15.9 Å². The molecule has 31 heavy (non-hydrogen) atoms. The van der Waals surface area contributed by atoms with Crippen LogP contribution in [-0.2, 0) is 16.4 Å². The van der Waals surface area contributed by atoms with Crippen molar-refractivity contribution >= 4 is 50.5 Å². The summed E-state index contributed by atoms with van der Waals surface area (Å²) in [6.45, 7) is 0.260. The number of anilines is 2. The monoisotopic (exact) mass is 476 g/mol. The van der Waals surface area contributed by atoms with Crippen LogP contribution in [0.5, 0.6) is 5.75 Å². The Bertz CT molecular complexity index is 1260. The number of carbonyl (C=O) groups excluding carboxylic acids is 1. The zero-order valence-corrected chi connectivity index (χ0v) is 18.8. The Morgan fingerprint density at radius 1 is 1.00 bits per heavy atom. The van der Waals surface area contributed by atoms with Crippen molar-refractivity contribution in [1.82, 2.24) is 0 Å². The number of nitrogens with zero attached hydrogens (tertiary/aromatic N) is 1. The summed E-state index contributed by atoms with van der Waals surface area (Å²) >= 11 is 11.9. The maximum Gasteiger partial charge on any atom is 0.268 e. The van der Waals surface area contributed by atoms with Gasteiger partial charge in [0.05, 0.1) is 12.8 Å². The first kappa shape index (κ1) is 21.5. The minimum absolute atomic E-state index is 0.0219. The molecule has 0 aliphatic carbocycles. The SMILES string of the molecule is COc1ccc(Cl)cc1S(=O)(=O)N1CCc2ccc(C(=O)Nc3ccc(Cl)cc3)cc21. The van der Waals surface area contributed by atoms with Crippen LogP contribution in [0.3, 0.4) is 0 Å². The van der Waals surface area contributed by atoms with Crippen molar-refractivity contribution in [3.8, 4) is 5.75 Å². The number of sulfonamides is 1. The molecule has 1 aliphatic rings. The van der Waals surface area contributed by atoms with E-state index in [4.69, 9.17) is 27.9 Å². The molecule has 4 rings (SSSR count). The third-order valence-electron chi connectivity index (χ3n) is 5.00. The van der Waals surface area contributed by atoms with Gasteiger partial charge in [-0.15, -0.1) is 0 Å². The van der Waals surface area contributed by atoms with E-state index >= 15 is 0 Å². The van der Waals surface area contributed by atoms with E-state index in [-0.39, 0.29) is 28.1 Å². The van der Waals surface area contributed by atoms with Gasteiger partial charge in [-0.25, -0.2) is 8.42 Å². The number of hydrogen-bond acceptors (Lipinski definition) is 4. The Morgan fingerprint density at radius 3 is 2.42 bits per heavy atom. The number of fused-ring (bicyclic) bond motifs is 1. The van der Waals surface area contributed by atoms with Crippen molar-refractivity contribution in [2.24, 2.45) is 0 Å². The molecule has 1 aliphatic heterocycles. The molecular weight excluding hydrogens is 459 g/mol. The third-order valence-corrected chi connectivity index (χ3v) is 7.32. The zero-order chi connectivity index (χ0) is 22.2. The number of benzene rings is 3. The highest BCUT2D eigenvalue weighted by Gasteiger charge is 2.33. The predicted molar refractivity (Wildman–Crippen MR) is 122 cm³/mol. The fourth-order valence-electron chi connectivity index (χ4n) is 3.45. The Hall–Kier alpha value is -2.74. The maximum atomic E-state index is 13.4. The summed E-state index contributed by atoms with van der Waals surface area (Å²) < 4.78 is 33.3. The van der Waals surface area contributed by atoms with Crippen molar-refractivity contribution in [1.29, 1.82) is 0 Å². The number of methoxy groups -OCH3 is 1. The fourth-order valence-corrected chi connectivity index (χ4v) is 5.49. The predicted octanol–water partition coefficient (Wildman–Crippen LogP) is 5.01. The molecule has 3 aromatic rings. The minimum Gasteiger partial charge on any atom is -0.495 e. The largest absolute Gasteiger partial charge is 0.495 e. The number of nitrogens with one attached hydrogen (secondary N) is 1. The summed E-state index contributed by atoms with van der Waals surface area (Å²) in [4.78, 5) is 12.7. The van der Waals surface area contributed by atoms with Crippen LogP contribution in [0, 0.1) is 0 Å². The summed E-state index contributed by atoms with van der Waals surface area (Å²) in [6, 6.07) is 16.2. The molecule has 6 nitrogen and oxygen atoms in total. The first-order valence-corrected chi connectivity index (χ1v) is 11.6. The smallest absolute Gasteiger partial charge is 0.268 e. The molecule has 3 aromatic carbocycles. The van der Waals surface area contributed by atoms with Crippen LogP contribution in [0.2, 0.25) is 10.0 Å². The highest BCUT2D eigenvalue weighted by molar-refractivity contribution is 7.93. The number of hydrogen-bond donors (Lipinski definition) is 1. The van der Waals surface area contributed by atoms with E-state index in [0.717, 1.165) is 5.56 Å². The van der Waals surface area contributed by atoms with Gasteiger partial charge in [0.1, 0.15) is 10.6 Å². The lowest BCUT2D eigenvalue weighted by atomic mass is 10.1. The van der Waals surface area contributed by atoms with Crippen LogP contribution in [0.25, 0.3) is 0 Å². The number of amides is 1. The van der Waals surface area contributed by atoms with Crippen LogP contribution in [0.4, 0.5) is 11.4 Å². The van der Waals surface area contributed by atoms with E-state index in [0.29, 0.717) is 28.4 Å². The van der Waals surface area contributed by atoms with Crippen LogP contribution in [-0.4, -0.2) is 28.0 Å². The molecule has 0 bridgehead atoms. The molecule has 0 fully saturated rings. The summed E-state index contributed by atoms with van der Waals surface area (Å²) in [6.07, 6.45) is 0.538. The van der Waals surface area contributed by atoms with Gasteiger partial charge in [0, 0.05) is 27.8 Å². The Balaban J connectivity index is 1.67. The lowest BCUT2D eigenvalue weighted by molar-refractivity contribution is 0.102. The van der Waals surface area contributed by atoms with Gasteiger partial charge in [-0.3, -0.25) is 9.10 Å². The van der Waals surface area contributed by atoms with Gasteiger partial charge in [-0.1, -0.05) is 29.3 Å². The molecule has 1 heterocycles. The summed E-state index contributed by atoms with van der Waals surface area (Å²) in [7, 11) is -2.54. The Labute approximate surface area is 190 Å². The van der Waals surface area contributed by atoms with Gasteiger partial charge < -0.3 is 10.1 Å². The van der Waals surface area contributed by atoms with Crippen molar-refractivity contribution in [3.05, 3.63) is 81.8 Å². The molecule has 160 valence electrons. The van der Waals surface area contributed by atoms with Crippen molar-refractivity contribution in [3.63, 3.8) is 0 Å². The molecular formula is C22H18Cl2N2O4S. The molecule has 0 unspecified atom stereocenters.